The second-order valence-electron chi connectivity index (χ2n) is 3.70. The molecule has 0 saturated heterocycles. The zero-order valence-corrected chi connectivity index (χ0v) is 8.95. The van der Waals surface area contributed by atoms with Gasteiger partial charge in [-0.25, -0.2) is 0 Å². The number of nitrogens with two attached hydrogens (primary N) is 1. The topological polar surface area (TPSA) is 52.0 Å². The molecule has 78 valence electrons. The van der Waals surface area contributed by atoms with Gasteiger partial charge in [-0.05, 0) is 25.5 Å². The summed E-state index contributed by atoms with van der Waals surface area (Å²) in [7, 11) is 0. The van der Waals surface area contributed by atoms with Gasteiger partial charge in [0, 0.05) is 11.6 Å². The maximum Gasteiger partial charge on any atom is 0.150 e. The Hall–Kier alpha value is -1.61. The Labute approximate surface area is 88.9 Å². The molecule has 0 aliphatic heterocycles. The van der Waals surface area contributed by atoms with Crippen molar-refractivity contribution >= 4 is 0 Å². The van der Waals surface area contributed by atoms with E-state index in [9.17, 15) is 0 Å². The molecule has 0 aliphatic carbocycles. The van der Waals surface area contributed by atoms with E-state index < -0.39 is 0 Å². The van der Waals surface area contributed by atoms with Crippen LogP contribution in [-0.2, 0) is 6.54 Å². The van der Waals surface area contributed by atoms with E-state index in [0.717, 1.165) is 11.3 Å². The molecule has 0 bridgehead atoms. The van der Waals surface area contributed by atoms with Gasteiger partial charge < -0.3 is 10.3 Å². The Kier molecular flexibility index (Phi) is 2.56. The molecule has 1 aromatic carbocycles. The fourth-order valence-corrected chi connectivity index (χ4v) is 1.55. The Morgan fingerprint density at radius 1 is 1.27 bits per heavy atom. The van der Waals surface area contributed by atoms with Gasteiger partial charge >= 0.3 is 0 Å². The standard InChI is InChI=1S/C12H14N2O/c1-8-3-4-9(2)11(5-8)12-6-10(7-13)15-14-12/h3-6H,7,13H2,1-2H3. The summed E-state index contributed by atoms with van der Waals surface area (Å²) in [5.41, 5.74) is 9.85. The molecule has 0 amide bonds. The largest absolute Gasteiger partial charge is 0.359 e. The van der Waals surface area contributed by atoms with Crippen LogP contribution in [0.25, 0.3) is 11.3 Å². The number of hydrogen-bond donors (Lipinski definition) is 1. The molecule has 0 spiro atoms. The minimum atomic E-state index is 0.387. The molecule has 2 aromatic rings. The van der Waals surface area contributed by atoms with Gasteiger partial charge in [0.2, 0.25) is 0 Å². The highest BCUT2D eigenvalue weighted by atomic mass is 16.5. The molecule has 2 rings (SSSR count). The van der Waals surface area contributed by atoms with Crippen molar-refractivity contribution in [2.75, 3.05) is 0 Å². The highest BCUT2D eigenvalue weighted by Crippen LogP contribution is 2.23. The van der Waals surface area contributed by atoms with Crippen LogP contribution in [0, 0.1) is 13.8 Å². The fraction of sp³-hybridized carbons (Fsp3) is 0.250. The summed E-state index contributed by atoms with van der Waals surface area (Å²) in [6, 6.07) is 8.17. The molecular formula is C12H14N2O. The lowest BCUT2D eigenvalue weighted by molar-refractivity contribution is 0.387. The second kappa shape index (κ2) is 3.87. The van der Waals surface area contributed by atoms with Crippen molar-refractivity contribution in [1.29, 1.82) is 0 Å². The van der Waals surface area contributed by atoms with Crippen LogP contribution in [0.5, 0.6) is 0 Å². The van der Waals surface area contributed by atoms with E-state index in [0.29, 0.717) is 12.3 Å². The first-order chi connectivity index (χ1) is 7.20. The van der Waals surface area contributed by atoms with Crippen molar-refractivity contribution < 1.29 is 4.52 Å². The third-order valence-corrected chi connectivity index (χ3v) is 2.43. The average Bonchev–Trinajstić information content (AvgIpc) is 2.70. The summed E-state index contributed by atoms with van der Waals surface area (Å²) in [6.45, 7) is 4.51. The van der Waals surface area contributed by atoms with Crippen LogP contribution in [0.4, 0.5) is 0 Å². The number of rotatable bonds is 2. The van der Waals surface area contributed by atoms with Crippen molar-refractivity contribution in [2.45, 2.75) is 20.4 Å². The Bertz CT molecular complexity index is 474. The summed E-state index contributed by atoms with van der Waals surface area (Å²) in [6.07, 6.45) is 0. The minimum Gasteiger partial charge on any atom is -0.359 e. The van der Waals surface area contributed by atoms with E-state index in [4.69, 9.17) is 10.3 Å². The van der Waals surface area contributed by atoms with Gasteiger partial charge in [-0.2, -0.15) is 0 Å². The monoisotopic (exact) mass is 202 g/mol. The van der Waals surface area contributed by atoms with E-state index in [1.807, 2.05) is 6.07 Å². The van der Waals surface area contributed by atoms with E-state index in [-0.39, 0.29) is 0 Å². The van der Waals surface area contributed by atoms with Crippen LogP contribution in [0.1, 0.15) is 16.9 Å². The lowest BCUT2D eigenvalue weighted by Gasteiger charge is -2.02. The zero-order chi connectivity index (χ0) is 10.8. The summed E-state index contributed by atoms with van der Waals surface area (Å²) < 4.78 is 5.09. The van der Waals surface area contributed by atoms with Gasteiger partial charge in [-0.3, -0.25) is 0 Å². The summed E-state index contributed by atoms with van der Waals surface area (Å²) >= 11 is 0. The number of nitrogens with zero attached hydrogens (tertiary/aromatic N) is 1. The van der Waals surface area contributed by atoms with Gasteiger partial charge in [0.15, 0.2) is 5.76 Å². The van der Waals surface area contributed by atoms with Crippen molar-refractivity contribution in [3.63, 3.8) is 0 Å². The van der Waals surface area contributed by atoms with Crippen LogP contribution in [0.3, 0.4) is 0 Å². The lowest BCUT2D eigenvalue weighted by atomic mass is 10.0. The molecule has 0 aliphatic rings. The van der Waals surface area contributed by atoms with Crippen LogP contribution in [-0.4, -0.2) is 5.16 Å². The van der Waals surface area contributed by atoms with Crippen LogP contribution in [0.15, 0.2) is 28.8 Å². The fourth-order valence-electron chi connectivity index (χ4n) is 1.55. The van der Waals surface area contributed by atoms with E-state index in [1.54, 1.807) is 0 Å². The molecule has 0 saturated carbocycles. The van der Waals surface area contributed by atoms with E-state index in [2.05, 4.69) is 37.2 Å². The highest BCUT2D eigenvalue weighted by molar-refractivity contribution is 5.64. The zero-order valence-electron chi connectivity index (χ0n) is 8.95. The molecule has 3 nitrogen and oxygen atoms in total. The van der Waals surface area contributed by atoms with Crippen molar-refractivity contribution in [2.24, 2.45) is 5.73 Å². The predicted octanol–water partition coefficient (Wildman–Crippen LogP) is 2.42. The van der Waals surface area contributed by atoms with Crippen molar-refractivity contribution in [3.8, 4) is 11.3 Å². The van der Waals surface area contributed by atoms with E-state index >= 15 is 0 Å². The molecule has 0 radical (unpaired) electrons. The predicted molar refractivity (Wildman–Crippen MR) is 59.3 cm³/mol. The molecule has 15 heavy (non-hydrogen) atoms. The van der Waals surface area contributed by atoms with Crippen LogP contribution < -0.4 is 5.73 Å². The maximum absolute atomic E-state index is 5.48. The SMILES string of the molecule is Cc1ccc(C)c(-c2cc(CN)on2)c1. The molecular weight excluding hydrogens is 188 g/mol. The normalized spacial score (nSPS) is 10.6. The number of benzene rings is 1. The molecule has 1 aromatic heterocycles. The Morgan fingerprint density at radius 2 is 2.07 bits per heavy atom. The quantitative estimate of drug-likeness (QED) is 0.813. The lowest BCUT2D eigenvalue weighted by Crippen LogP contribution is -1.92. The highest BCUT2D eigenvalue weighted by Gasteiger charge is 2.07. The molecule has 3 heteroatoms. The van der Waals surface area contributed by atoms with Gasteiger partial charge in [-0.1, -0.05) is 22.9 Å². The first-order valence-corrected chi connectivity index (χ1v) is 4.94. The molecule has 2 N–H and O–H groups in total. The van der Waals surface area contributed by atoms with Crippen molar-refractivity contribution in [1.82, 2.24) is 5.16 Å². The van der Waals surface area contributed by atoms with Crippen molar-refractivity contribution in [3.05, 3.63) is 41.2 Å². The molecule has 0 atom stereocenters. The van der Waals surface area contributed by atoms with Gasteiger partial charge in [0.25, 0.3) is 0 Å². The summed E-state index contributed by atoms with van der Waals surface area (Å²) in [5.74, 6) is 0.714. The number of aryl methyl sites for hydroxylation is 2. The minimum absolute atomic E-state index is 0.387. The van der Waals surface area contributed by atoms with Gasteiger partial charge in [0.05, 0.1) is 6.54 Å². The third kappa shape index (κ3) is 1.92. The molecule has 0 fully saturated rings. The average molecular weight is 202 g/mol. The maximum atomic E-state index is 5.48. The summed E-state index contributed by atoms with van der Waals surface area (Å²) in [5, 5.41) is 4.00. The van der Waals surface area contributed by atoms with Crippen LogP contribution in [0.2, 0.25) is 0 Å². The molecule has 0 unspecified atom stereocenters. The summed E-state index contributed by atoms with van der Waals surface area (Å²) in [4.78, 5) is 0. The van der Waals surface area contributed by atoms with Gasteiger partial charge in [0.1, 0.15) is 5.69 Å². The first-order valence-electron chi connectivity index (χ1n) is 4.94. The smallest absolute Gasteiger partial charge is 0.150 e. The first kappa shape index (κ1) is 9.93. The third-order valence-electron chi connectivity index (χ3n) is 2.43. The van der Waals surface area contributed by atoms with Gasteiger partial charge in [-0.15, -0.1) is 0 Å². The van der Waals surface area contributed by atoms with E-state index in [1.165, 1.54) is 11.1 Å². The Morgan fingerprint density at radius 3 is 2.73 bits per heavy atom. The second-order valence-corrected chi connectivity index (χ2v) is 3.70. The molecule has 1 heterocycles. The number of aromatic nitrogens is 1. The Balaban J connectivity index is 2.48. The van der Waals surface area contributed by atoms with Crippen LogP contribution >= 0.6 is 0 Å². The number of hydrogen-bond acceptors (Lipinski definition) is 3.